The van der Waals surface area contributed by atoms with E-state index in [1.165, 1.54) is 11.3 Å². The van der Waals surface area contributed by atoms with Crippen molar-refractivity contribution in [2.45, 2.75) is 12.5 Å². The highest BCUT2D eigenvalue weighted by Crippen LogP contribution is 2.30. The lowest BCUT2D eigenvalue weighted by atomic mass is 10.1. The number of aromatic nitrogens is 1. The molecule has 1 aromatic heterocycles. The van der Waals surface area contributed by atoms with Crippen LogP contribution in [0.1, 0.15) is 5.56 Å². The van der Waals surface area contributed by atoms with Crippen LogP contribution in [0, 0.1) is 5.53 Å². The summed E-state index contributed by atoms with van der Waals surface area (Å²) in [4.78, 5) is 20.9. The zero-order valence-electron chi connectivity index (χ0n) is 14.7. The molecule has 4 N–H and O–H groups in total. The van der Waals surface area contributed by atoms with E-state index < -0.39 is 12.0 Å². The molecule has 11 heteroatoms. The smallest absolute Gasteiger partial charge is 0.322 e. The van der Waals surface area contributed by atoms with Gasteiger partial charge in [0.25, 0.3) is 0 Å². The normalized spacial score (nSPS) is 11.7. The van der Waals surface area contributed by atoms with Crippen molar-refractivity contribution in [3.05, 3.63) is 63.5 Å². The Balaban J connectivity index is 1.68. The van der Waals surface area contributed by atoms with Crippen LogP contribution in [0.4, 0.5) is 5.13 Å². The maximum Gasteiger partial charge on any atom is 0.322 e. The molecule has 0 fully saturated rings. The Morgan fingerprint density at radius 3 is 2.79 bits per heavy atom. The monoisotopic (exact) mass is 451 g/mol. The van der Waals surface area contributed by atoms with E-state index >= 15 is 0 Å². The molecule has 8 nitrogen and oxygen atoms in total. The molecule has 1 unspecified atom stereocenters. The van der Waals surface area contributed by atoms with Gasteiger partial charge in [0.15, 0.2) is 10.9 Å². The number of carbonyl (C=O) groups is 1. The van der Waals surface area contributed by atoms with E-state index in [1.807, 2.05) is 5.38 Å². The van der Waals surface area contributed by atoms with Crippen molar-refractivity contribution >= 4 is 45.6 Å². The van der Waals surface area contributed by atoms with Crippen LogP contribution in [-0.4, -0.2) is 22.1 Å². The first-order chi connectivity index (χ1) is 14.0. The first-order valence-electron chi connectivity index (χ1n) is 8.25. The minimum atomic E-state index is -1.06. The Labute approximate surface area is 179 Å². The van der Waals surface area contributed by atoms with E-state index in [1.54, 1.807) is 42.5 Å². The number of hydrazine groups is 1. The summed E-state index contributed by atoms with van der Waals surface area (Å²) in [7, 11) is 0. The van der Waals surface area contributed by atoms with Gasteiger partial charge in [-0.15, -0.1) is 11.3 Å². The summed E-state index contributed by atoms with van der Waals surface area (Å²) in [6.07, 6.45) is 0.110. The van der Waals surface area contributed by atoms with Crippen molar-refractivity contribution in [2.24, 2.45) is 5.28 Å². The molecule has 0 bridgehead atoms. The van der Waals surface area contributed by atoms with Crippen LogP contribution >= 0.6 is 34.5 Å². The molecule has 0 spiro atoms. The highest BCUT2D eigenvalue weighted by atomic mass is 35.5. The van der Waals surface area contributed by atoms with Gasteiger partial charge >= 0.3 is 5.97 Å². The second-order valence-electron chi connectivity index (χ2n) is 5.82. The maximum atomic E-state index is 11.6. The lowest BCUT2D eigenvalue weighted by Crippen LogP contribution is -2.42. The molecular formula is C18H15Cl2N5O3S. The number of hydrogen-bond acceptors (Lipinski definition) is 8. The lowest BCUT2D eigenvalue weighted by Gasteiger charge is -2.16. The second-order valence-corrected chi connectivity index (χ2v) is 7.49. The number of carboxylic acid groups (broad SMARTS) is 1. The van der Waals surface area contributed by atoms with E-state index in [4.69, 9.17) is 33.6 Å². The molecule has 1 atom stereocenters. The Bertz CT molecular complexity index is 1030. The summed E-state index contributed by atoms with van der Waals surface area (Å²) >= 11 is 13.3. The number of para-hydroxylation sites is 1. The molecule has 0 saturated carbocycles. The quantitative estimate of drug-likeness (QED) is 0.266. The van der Waals surface area contributed by atoms with E-state index in [0.717, 1.165) is 5.56 Å². The van der Waals surface area contributed by atoms with E-state index in [-0.39, 0.29) is 6.42 Å². The Morgan fingerprint density at radius 1 is 1.28 bits per heavy atom. The second kappa shape index (κ2) is 9.66. The van der Waals surface area contributed by atoms with Gasteiger partial charge in [-0.25, -0.2) is 10.4 Å². The molecule has 0 aliphatic rings. The Kier molecular flexibility index (Phi) is 6.99. The maximum absolute atomic E-state index is 11.6. The lowest BCUT2D eigenvalue weighted by molar-refractivity contribution is -0.139. The summed E-state index contributed by atoms with van der Waals surface area (Å²) in [5.74, 6) is -0.733. The summed E-state index contributed by atoms with van der Waals surface area (Å²) in [5, 5.41) is 15.6. The van der Waals surface area contributed by atoms with Crippen molar-refractivity contribution in [2.75, 3.05) is 5.43 Å². The predicted octanol–water partition coefficient (Wildman–Crippen LogP) is 5.05. The van der Waals surface area contributed by atoms with Gasteiger partial charge in [-0.05, 0) is 23.8 Å². The van der Waals surface area contributed by atoms with Crippen LogP contribution in [0.25, 0.3) is 11.3 Å². The molecule has 1 heterocycles. The van der Waals surface area contributed by atoms with Crippen molar-refractivity contribution < 1.29 is 14.7 Å². The van der Waals surface area contributed by atoms with Crippen LogP contribution in [0.15, 0.2) is 53.1 Å². The molecule has 0 aliphatic carbocycles. The number of carboxylic acids is 1. The third-order valence-corrected chi connectivity index (χ3v) is 5.41. The minimum absolute atomic E-state index is 0.110. The fourth-order valence-corrected chi connectivity index (χ4v) is 3.48. The van der Waals surface area contributed by atoms with E-state index in [9.17, 15) is 9.90 Å². The average molecular weight is 452 g/mol. The van der Waals surface area contributed by atoms with Gasteiger partial charge in [0.2, 0.25) is 0 Å². The first kappa shape index (κ1) is 21.0. The standard InChI is InChI=1S/C18H15Cl2N5O3S/c19-12-6-5-10(7-13(12)20)15-9-29-18(22-15)24-23-14(17(26)27)8-11-3-1-2-4-16(11)28-25-21/h1-7,9,14,21,23H,8H2,(H,22,24)(H,26,27). The fraction of sp³-hybridized carbons (Fsp3) is 0.111. The largest absolute Gasteiger partial charge is 0.480 e. The summed E-state index contributed by atoms with van der Waals surface area (Å²) < 4.78 is 0. The zero-order chi connectivity index (χ0) is 20.8. The number of benzene rings is 2. The van der Waals surface area contributed by atoms with Crippen molar-refractivity contribution in [1.82, 2.24) is 10.4 Å². The molecule has 0 amide bonds. The number of anilines is 1. The summed E-state index contributed by atoms with van der Waals surface area (Å²) in [5.41, 5.74) is 14.5. The van der Waals surface area contributed by atoms with Gasteiger partial charge in [0, 0.05) is 22.6 Å². The third kappa shape index (κ3) is 5.42. The number of aliphatic carboxylic acids is 1. The van der Waals surface area contributed by atoms with Gasteiger partial charge in [-0.2, -0.15) is 5.53 Å². The van der Waals surface area contributed by atoms with Gasteiger partial charge < -0.3 is 9.94 Å². The van der Waals surface area contributed by atoms with Gasteiger partial charge in [-0.1, -0.05) is 47.5 Å². The SMILES string of the molecule is N=NOc1ccccc1CC(NNc1nc(-c2ccc(Cl)c(Cl)c2)cs1)C(=O)O. The highest BCUT2D eigenvalue weighted by Gasteiger charge is 2.20. The number of hydrogen-bond donors (Lipinski definition) is 4. The third-order valence-electron chi connectivity index (χ3n) is 3.91. The number of halogens is 2. The molecule has 0 aliphatic heterocycles. The Hall–Kier alpha value is -2.72. The van der Waals surface area contributed by atoms with Crippen LogP contribution in [-0.2, 0) is 11.2 Å². The van der Waals surface area contributed by atoms with Crippen molar-refractivity contribution in [3.8, 4) is 17.0 Å². The van der Waals surface area contributed by atoms with Gasteiger partial charge in [0.1, 0.15) is 6.04 Å². The number of nitrogens with one attached hydrogen (secondary N) is 3. The number of nitrogens with zero attached hydrogens (tertiary/aromatic N) is 2. The number of rotatable bonds is 9. The Morgan fingerprint density at radius 2 is 2.07 bits per heavy atom. The molecule has 2 aromatic carbocycles. The van der Waals surface area contributed by atoms with Gasteiger partial charge in [0.05, 0.1) is 15.7 Å². The van der Waals surface area contributed by atoms with E-state index in [2.05, 4.69) is 21.1 Å². The van der Waals surface area contributed by atoms with Crippen LogP contribution in [0.5, 0.6) is 5.75 Å². The average Bonchev–Trinajstić information content (AvgIpc) is 3.17. The topological polar surface area (TPSA) is 120 Å². The van der Waals surface area contributed by atoms with Crippen LogP contribution in [0.2, 0.25) is 10.0 Å². The predicted molar refractivity (Wildman–Crippen MR) is 112 cm³/mol. The first-order valence-corrected chi connectivity index (χ1v) is 9.88. The van der Waals surface area contributed by atoms with Gasteiger partial charge in [-0.3, -0.25) is 10.2 Å². The zero-order valence-corrected chi connectivity index (χ0v) is 17.1. The molecule has 0 radical (unpaired) electrons. The fourth-order valence-electron chi connectivity index (χ4n) is 2.50. The van der Waals surface area contributed by atoms with Crippen molar-refractivity contribution in [3.63, 3.8) is 0 Å². The minimum Gasteiger partial charge on any atom is -0.480 e. The molecule has 0 saturated heterocycles. The molecule has 3 rings (SSSR count). The molecule has 3 aromatic rings. The van der Waals surface area contributed by atoms with E-state index in [0.29, 0.717) is 32.2 Å². The summed E-state index contributed by atoms with van der Waals surface area (Å²) in [6, 6.07) is 11.0. The summed E-state index contributed by atoms with van der Waals surface area (Å²) in [6.45, 7) is 0. The highest BCUT2D eigenvalue weighted by molar-refractivity contribution is 7.14. The van der Waals surface area contributed by atoms with Crippen molar-refractivity contribution in [1.29, 1.82) is 5.53 Å². The molecule has 29 heavy (non-hydrogen) atoms. The number of thiazole rings is 1. The van der Waals surface area contributed by atoms with Crippen LogP contribution in [0.3, 0.4) is 0 Å². The molecular weight excluding hydrogens is 437 g/mol. The van der Waals surface area contributed by atoms with Crippen LogP contribution < -0.4 is 15.7 Å². The molecule has 150 valence electrons.